The highest BCUT2D eigenvalue weighted by Crippen LogP contribution is 2.35. The number of nitrogens with one attached hydrogen (secondary N) is 1. The first-order valence-electron chi connectivity index (χ1n) is 9.07. The number of hydrogen-bond acceptors (Lipinski definition) is 3. The van der Waals surface area contributed by atoms with Gasteiger partial charge < -0.3 is 5.32 Å². The molecule has 1 aromatic carbocycles. The minimum absolute atomic E-state index is 0.0376. The Morgan fingerprint density at radius 2 is 2.08 bits per heavy atom. The van der Waals surface area contributed by atoms with Gasteiger partial charge in [0.15, 0.2) is 0 Å². The maximum absolute atomic E-state index is 14.2. The zero-order valence-electron chi connectivity index (χ0n) is 15.0. The van der Waals surface area contributed by atoms with Crippen molar-refractivity contribution in [1.29, 1.82) is 0 Å². The normalized spacial score (nSPS) is 20.4. The summed E-state index contributed by atoms with van der Waals surface area (Å²) in [5.41, 5.74) is 1.05. The third kappa shape index (κ3) is 3.03. The number of benzene rings is 1. The Labute approximate surface area is 156 Å². The molecule has 1 aliphatic carbocycles. The van der Waals surface area contributed by atoms with E-state index in [4.69, 9.17) is 0 Å². The summed E-state index contributed by atoms with van der Waals surface area (Å²) in [7, 11) is 1.83. The summed E-state index contributed by atoms with van der Waals surface area (Å²) < 4.78 is 15.9. The van der Waals surface area contributed by atoms with Gasteiger partial charge in [0.05, 0.1) is 4.88 Å². The Bertz CT molecular complexity index is 961. The van der Waals surface area contributed by atoms with E-state index in [1.165, 1.54) is 36.7 Å². The van der Waals surface area contributed by atoms with Crippen molar-refractivity contribution in [2.75, 3.05) is 0 Å². The summed E-state index contributed by atoms with van der Waals surface area (Å²) in [6.45, 7) is 2.20. The molecule has 0 radical (unpaired) electrons. The Kier molecular flexibility index (Phi) is 4.53. The summed E-state index contributed by atoms with van der Waals surface area (Å²) in [6.07, 6.45) is 4.62. The molecule has 1 aliphatic rings. The number of rotatable bonds is 3. The second kappa shape index (κ2) is 6.83. The van der Waals surface area contributed by atoms with E-state index in [1.54, 1.807) is 22.9 Å². The van der Waals surface area contributed by atoms with Gasteiger partial charge in [0.25, 0.3) is 5.91 Å². The Morgan fingerprint density at radius 3 is 2.85 bits per heavy atom. The monoisotopic (exact) mass is 371 g/mol. The van der Waals surface area contributed by atoms with Crippen molar-refractivity contribution in [3.63, 3.8) is 0 Å². The molecule has 6 heteroatoms. The van der Waals surface area contributed by atoms with Gasteiger partial charge in [-0.15, -0.1) is 11.3 Å². The Morgan fingerprint density at radius 1 is 1.31 bits per heavy atom. The molecule has 1 N–H and O–H groups in total. The zero-order valence-corrected chi connectivity index (χ0v) is 15.8. The average Bonchev–Trinajstić information content (AvgIpc) is 3.19. The van der Waals surface area contributed by atoms with Crippen LogP contribution in [-0.4, -0.2) is 21.7 Å². The SMILES string of the molecule is C[C@H]1CCCC[C@@H]1NC(=O)c1cc2c(-c3ccccc3F)nn(C)c2s1. The van der Waals surface area contributed by atoms with Crippen LogP contribution in [0.25, 0.3) is 21.5 Å². The molecule has 1 saturated carbocycles. The molecule has 1 fully saturated rings. The van der Waals surface area contributed by atoms with E-state index >= 15 is 0 Å². The van der Waals surface area contributed by atoms with Crippen LogP contribution in [-0.2, 0) is 7.05 Å². The largest absolute Gasteiger partial charge is 0.348 e. The molecule has 0 unspecified atom stereocenters. The van der Waals surface area contributed by atoms with Crippen molar-refractivity contribution in [2.45, 2.75) is 38.6 Å². The third-order valence-corrected chi connectivity index (χ3v) is 6.49. The number of nitrogens with zero attached hydrogens (tertiary/aromatic N) is 2. The summed E-state index contributed by atoms with van der Waals surface area (Å²) in [6, 6.07) is 8.70. The van der Waals surface area contributed by atoms with Crippen LogP contribution in [0, 0.1) is 11.7 Å². The van der Waals surface area contributed by atoms with Crippen molar-refractivity contribution >= 4 is 27.5 Å². The number of aryl methyl sites for hydroxylation is 1. The van der Waals surface area contributed by atoms with E-state index in [9.17, 15) is 9.18 Å². The molecule has 4 rings (SSSR count). The van der Waals surface area contributed by atoms with Gasteiger partial charge in [-0.2, -0.15) is 5.10 Å². The van der Waals surface area contributed by atoms with Crippen molar-refractivity contribution in [2.24, 2.45) is 13.0 Å². The Hall–Kier alpha value is -2.21. The number of aromatic nitrogens is 2. The molecular formula is C20H22FN3OS. The summed E-state index contributed by atoms with van der Waals surface area (Å²) in [5, 5.41) is 8.48. The van der Waals surface area contributed by atoms with Crippen LogP contribution in [0.15, 0.2) is 30.3 Å². The van der Waals surface area contributed by atoms with Crippen molar-refractivity contribution in [1.82, 2.24) is 15.1 Å². The van der Waals surface area contributed by atoms with Crippen LogP contribution in [0.5, 0.6) is 0 Å². The van der Waals surface area contributed by atoms with Crippen LogP contribution in [0.4, 0.5) is 4.39 Å². The number of carbonyl (C=O) groups excluding carboxylic acids is 1. The molecule has 0 aliphatic heterocycles. The van der Waals surface area contributed by atoms with E-state index in [2.05, 4.69) is 17.3 Å². The lowest BCUT2D eigenvalue weighted by atomic mass is 9.86. The molecule has 2 atom stereocenters. The minimum Gasteiger partial charge on any atom is -0.348 e. The van der Waals surface area contributed by atoms with E-state index in [0.717, 1.165) is 16.6 Å². The first kappa shape index (κ1) is 17.2. The summed E-state index contributed by atoms with van der Waals surface area (Å²) in [5.74, 6) is 0.169. The molecule has 1 amide bonds. The van der Waals surface area contributed by atoms with Crippen molar-refractivity contribution in [3.05, 3.63) is 41.0 Å². The lowest BCUT2D eigenvalue weighted by Gasteiger charge is -2.29. The van der Waals surface area contributed by atoms with Crippen molar-refractivity contribution < 1.29 is 9.18 Å². The van der Waals surface area contributed by atoms with Gasteiger partial charge in [-0.25, -0.2) is 4.39 Å². The number of amides is 1. The molecule has 0 bridgehead atoms. The highest BCUT2D eigenvalue weighted by Gasteiger charge is 2.25. The van der Waals surface area contributed by atoms with Gasteiger partial charge in [-0.05, 0) is 37.0 Å². The molecular weight excluding hydrogens is 349 g/mol. The second-order valence-electron chi connectivity index (χ2n) is 7.12. The van der Waals surface area contributed by atoms with Crippen molar-refractivity contribution in [3.8, 4) is 11.3 Å². The van der Waals surface area contributed by atoms with E-state index in [1.807, 2.05) is 13.1 Å². The minimum atomic E-state index is -0.305. The van der Waals surface area contributed by atoms with Crippen LogP contribution < -0.4 is 5.32 Å². The quantitative estimate of drug-likeness (QED) is 0.722. The van der Waals surface area contributed by atoms with Gasteiger partial charge in [-0.1, -0.05) is 31.9 Å². The smallest absolute Gasteiger partial charge is 0.261 e. The Balaban J connectivity index is 1.67. The van der Waals surface area contributed by atoms with E-state index < -0.39 is 0 Å². The number of fused-ring (bicyclic) bond motifs is 1. The maximum atomic E-state index is 14.2. The number of carbonyl (C=O) groups is 1. The fourth-order valence-corrected chi connectivity index (χ4v) is 4.75. The molecule has 136 valence electrons. The summed E-state index contributed by atoms with van der Waals surface area (Å²) in [4.78, 5) is 14.3. The molecule has 26 heavy (non-hydrogen) atoms. The fourth-order valence-electron chi connectivity index (χ4n) is 3.78. The zero-order chi connectivity index (χ0) is 18.3. The number of thiophene rings is 1. The molecule has 0 saturated heterocycles. The molecule has 0 spiro atoms. The topological polar surface area (TPSA) is 46.9 Å². The van der Waals surface area contributed by atoms with Gasteiger partial charge >= 0.3 is 0 Å². The van der Waals surface area contributed by atoms with Gasteiger partial charge in [0.1, 0.15) is 16.3 Å². The fraction of sp³-hybridized carbons (Fsp3) is 0.400. The maximum Gasteiger partial charge on any atom is 0.261 e. The lowest BCUT2D eigenvalue weighted by molar-refractivity contribution is 0.0914. The first-order chi connectivity index (χ1) is 12.5. The van der Waals surface area contributed by atoms with Crippen LogP contribution in [0.3, 0.4) is 0 Å². The molecule has 3 aromatic rings. The van der Waals surface area contributed by atoms with Crippen LogP contribution in [0.1, 0.15) is 42.3 Å². The van der Waals surface area contributed by atoms with Crippen LogP contribution >= 0.6 is 11.3 Å². The second-order valence-corrected chi connectivity index (χ2v) is 8.15. The third-order valence-electron chi connectivity index (χ3n) is 5.29. The molecule has 2 aromatic heterocycles. The highest BCUT2D eigenvalue weighted by atomic mass is 32.1. The van der Waals surface area contributed by atoms with Gasteiger partial charge in [0, 0.05) is 24.0 Å². The standard InChI is InChI=1S/C20H22FN3OS/c1-12-7-3-6-10-16(12)22-19(25)17-11-14-18(23-24(2)20(14)26-17)13-8-4-5-9-15(13)21/h4-5,8-9,11-12,16H,3,6-7,10H2,1-2H3,(H,22,25)/t12-,16-/m0/s1. The number of halogens is 1. The van der Waals surface area contributed by atoms with Gasteiger partial charge in [-0.3, -0.25) is 9.48 Å². The van der Waals surface area contributed by atoms with Gasteiger partial charge in [0.2, 0.25) is 0 Å². The first-order valence-corrected chi connectivity index (χ1v) is 9.88. The average molecular weight is 371 g/mol. The van der Waals surface area contributed by atoms with E-state index in [0.29, 0.717) is 22.1 Å². The predicted molar refractivity (Wildman–Crippen MR) is 103 cm³/mol. The molecule has 4 nitrogen and oxygen atoms in total. The summed E-state index contributed by atoms with van der Waals surface area (Å²) >= 11 is 1.41. The van der Waals surface area contributed by atoms with Crippen LogP contribution in [0.2, 0.25) is 0 Å². The highest BCUT2D eigenvalue weighted by molar-refractivity contribution is 7.20. The van der Waals surface area contributed by atoms with E-state index in [-0.39, 0.29) is 17.8 Å². The predicted octanol–water partition coefficient (Wildman–Crippen LogP) is 4.75. The lowest BCUT2D eigenvalue weighted by Crippen LogP contribution is -2.40. The number of hydrogen-bond donors (Lipinski definition) is 1. The molecule has 2 heterocycles.